The molecule has 0 atom stereocenters. The summed E-state index contributed by atoms with van der Waals surface area (Å²) in [5.41, 5.74) is 2.08. The molecule has 1 aliphatic carbocycles. The zero-order valence-corrected chi connectivity index (χ0v) is 15.7. The quantitative estimate of drug-likeness (QED) is 0.530. The Hall–Kier alpha value is -3.68. The fourth-order valence-electron chi connectivity index (χ4n) is 3.49. The zero-order chi connectivity index (χ0) is 19.8. The van der Waals surface area contributed by atoms with Gasteiger partial charge in [-0.15, -0.1) is 5.10 Å². The molecule has 5 rings (SSSR count). The standard InChI is InChI=1S/C21H20N6O2/c28-20(18-12-14-4-1-2-6-17(14)24-18)23-10-11-26-21(29)27(16-7-8-16)19(25-26)15-5-3-9-22-13-15/h1-6,9,12-13,16,24H,7-8,10-11H2,(H,23,28). The van der Waals surface area contributed by atoms with Gasteiger partial charge in [0.1, 0.15) is 5.69 Å². The van der Waals surface area contributed by atoms with E-state index in [1.54, 1.807) is 17.0 Å². The van der Waals surface area contributed by atoms with Crippen LogP contribution in [-0.4, -0.2) is 36.8 Å². The van der Waals surface area contributed by atoms with Crippen molar-refractivity contribution in [1.82, 2.24) is 29.6 Å². The number of rotatable bonds is 6. The Balaban J connectivity index is 1.32. The van der Waals surface area contributed by atoms with Crippen LogP contribution >= 0.6 is 0 Å². The van der Waals surface area contributed by atoms with Gasteiger partial charge >= 0.3 is 5.69 Å². The summed E-state index contributed by atoms with van der Waals surface area (Å²) in [7, 11) is 0. The smallest absolute Gasteiger partial charge is 0.346 e. The third kappa shape index (κ3) is 3.33. The number of benzene rings is 1. The van der Waals surface area contributed by atoms with Crippen molar-refractivity contribution < 1.29 is 4.79 Å². The first kappa shape index (κ1) is 17.4. The third-order valence-electron chi connectivity index (χ3n) is 5.09. The number of fused-ring (bicyclic) bond motifs is 1. The first-order chi connectivity index (χ1) is 14.2. The fourth-order valence-corrected chi connectivity index (χ4v) is 3.49. The van der Waals surface area contributed by atoms with Crippen molar-refractivity contribution in [2.24, 2.45) is 0 Å². The minimum atomic E-state index is -0.205. The lowest BCUT2D eigenvalue weighted by Gasteiger charge is -2.03. The van der Waals surface area contributed by atoms with Crippen LogP contribution in [0.15, 0.2) is 59.7 Å². The Morgan fingerprint density at radius 2 is 2.07 bits per heavy atom. The molecule has 29 heavy (non-hydrogen) atoms. The first-order valence-corrected chi connectivity index (χ1v) is 9.66. The lowest BCUT2D eigenvalue weighted by atomic mass is 10.2. The predicted octanol–water partition coefficient (Wildman–Crippen LogP) is 2.35. The van der Waals surface area contributed by atoms with E-state index in [4.69, 9.17) is 0 Å². The van der Waals surface area contributed by atoms with Gasteiger partial charge in [0.2, 0.25) is 0 Å². The molecule has 0 bridgehead atoms. The van der Waals surface area contributed by atoms with Crippen LogP contribution in [0, 0.1) is 0 Å². The summed E-state index contributed by atoms with van der Waals surface area (Å²) in [6, 6.07) is 13.5. The SMILES string of the molecule is O=C(NCCn1nc(-c2cccnc2)n(C2CC2)c1=O)c1cc2ccccc2[nH]1. The maximum absolute atomic E-state index is 12.8. The molecule has 1 aliphatic rings. The summed E-state index contributed by atoms with van der Waals surface area (Å²) in [5.74, 6) is 0.427. The maximum Gasteiger partial charge on any atom is 0.346 e. The van der Waals surface area contributed by atoms with Crippen molar-refractivity contribution in [3.63, 3.8) is 0 Å². The van der Waals surface area contributed by atoms with Crippen molar-refractivity contribution in [1.29, 1.82) is 0 Å². The number of aromatic nitrogens is 5. The molecule has 3 aromatic heterocycles. The van der Waals surface area contributed by atoms with Gasteiger partial charge in [-0.25, -0.2) is 9.48 Å². The highest BCUT2D eigenvalue weighted by Crippen LogP contribution is 2.36. The van der Waals surface area contributed by atoms with E-state index >= 15 is 0 Å². The number of nitrogens with zero attached hydrogens (tertiary/aromatic N) is 4. The molecule has 0 spiro atoms. The minimum absolute atomic E-state index is 0.147. The molecular formula is C21H20N6O2. The number of H-pyrrole nitrogens is 1. The summed E-state index contributed by atoms with van der Waals surface area (Å²) in [6.45, 7) is 0.611. The molecule has 8 heteroatoms. The molecule has 1 fully saturated rings. The number of carbonyl (C=O) groups excluding carboxylic acids is 1. The van der Waals surface area contributed by atoms with Gasteiger partial charge in [0.25, 0.3) is 5.91 Å². The number of pyridine rings is 1. The molecule has 0 unspecified atom stereocenters. The van der Waals surface area contributed by atoms with Crippen LogP contribution in [0.2, 0.25) is 0 Å². The zero-order valence-electron chi connectivity index (χ0n) is 15.7. The summed E-state index contributed by atoms with van der Waals surface area (Å²) >= 11 is 0. The van der Waals surface area contributed by atoms with E-state index in [0.717, 1.165) is 29.3 Å². The molecule has 146 valence electrons. The summed E-state index contributed by atoms with van der Waals surface area (Å²) < 4.78 is 3.17. The minimum Gasteiger partial charge on any atom is -0.351 e. The molecule has 0 aliphatic heterocycles. The van der Waals surface area contributed by atoms with E-state index in [9.17, 15) is 9.59 Å². The molecule has 8 nitrogen and oxygen atoms in total. The normalized spacial score (nSPS) is 13.7. The lowest BCUT2D eigenvalue weighted by molar-refractivity contribution is 0.0947. The summed E-state index contributed by atoms with van der Waals surface area (Å²) in [4.78, 5) is 32.5. The Labute approximate surface area is 166 Å². The fraction of sp³-hybridized carbons (Fsp3) is 0.238. The van der Waals surface area contributed by atoms with Gasteiger partial charge in [0, 0.05) is 41.4 Å². The second-order valence-electron chi connectivity index (χ2n) is 7.20. The van der Waals surface area contributed by atoms with Crippen molar-refractivity contribution in [2.75, 3.05) is 6.54 Å². The molecule has 1 aromatic carbocycles. The highest BCUT2D eigenvalue weighted by atomic mass is 16.2. The monoisotopic (exact) mass is 388 g/mol. The first-order valence-electron chi connectivity index (χ1n) is 9.66. The van der Waals surface area contributed by atoms with Gasteiger partial charge in [-0.3, -0.25) is 14.3 Å². The van der Waals surface area contributed by atoms with E-state index in [1.807, 2.05) is 42.5 Å². The van der Waals surface area contributed by atoms with Crippen molar-refractivity contribution >= 4 is 16.8 Å². The van der Waals surface area contributed by atoms with Crippen LogP contribution in [0.4, 0.5) is 0 Å². The number of hydrogen-bond donors (Lipinski definition) is 2. The second-order valence-corrected chi connectivity index (χ2v) is 7.20. The molecular weight excluding hydrogens is 368 g/mol. The molecule has 4 aromatic rings. The molecule has 1 saturated carbocycles. The highest BCUT2D eigenvalue weighted by Gasteiger charge is 2.30. The van der Waals surface area contributed by atoms with E-state index in [0.29, 0.717) is 24.6 Å². The maximum atomic E-state index is 12.8. The Morgan fingerprint density at radius 3 is 2.83 bits per heavy atom. The lowest BCUT2D eigenvalue weighted by Crippen LogP contribution is -2.32. The van der Waals surface area contributed by atoms with E-state index in [2.05, 4.69) is 20.4 Å². The topological polar surface area (TPSA) is 97.6 Å². The van der Waals surface area contributed by atoms with Crippen molar-refractivity contribution in [3.05, 3.63) is 71.0 Å². The van der Waals surface area contributed by atoms with Crippen LogP contribution in [0.1, 0.15) is 29.4 Å². The van der Waals surface area contributed by atoms with Gasteiger partial charge in [-0.05, 0) is 37.1 Å². The van der Waals surface area contributed by atoms with Gasteiger partial charge in [-0.2, -0.15) is 0 Å². The molecule has 2 N–H and O–H groups in total. The molecule has 1 amide bonds. The van der Waals surface area contributed by atoms with Gasteiger partial charge < -0.3 is 10.3 Å². The number of aromatic amines is 1. The Kier molecular flexibility index (Phi) is 4.23. The number of amides is 1. The molecule has 0 radical (unpaired) electrons. The van der Waals surface area contributed by atoms with Gasteiger partial charge in [0.05, 0.1) is 6.54 Å². The number of nitrogens with one attached hydrogen (secondary N) is 2. The van der Waals surface area contributed by atoms with E-state index < -0.39 is 0 Å². The number of hydrogen-bond acceptors (Lipinski definition) is 4. The molecule has 0 saturated heterocycles. The van der Waals surface area contributed by atoms with Gasteiger partial charge in [-0.1, -0.05) is 18.2 Å². The second kappa shape index (κ2) is 7.05. The summed E-state index contributed by atoms with van der Waals surface area (Å²) in [6.07, 6.45) is 5.37. The van der Waals surface area contributed by atoms with Crippen LogP contribution in [0.25, 0.3) is 22.3 Å². The van der Waals surface area contributed by atoms with Crippen molar-refractivity contribution in [3.8, 4) is 11.4 Å². The van der Waals surface area contributed by atoms with Crippen LogP contribution in [-0.2, 0) is 6.54 Å². The van der Waals surface area contributed by atoms with E-state index in [-0.39, 0.29) is 17.6 Å². The van der Waals surface area contributed by atoms with Crippen LogP contribution < -0.4 is 11.0 Å². The van der Waals surface area contributed by atoms with E-state index in [1.165, 1.54) is 4.68 Å². The van der Waals surface area contributed by atoms with Gasteiger partial charge in [0.15, 0.2) is 5.82 Å². The average molecular weight is 388 g/mol. The average Bonchev–Trinajstić information content (AvgIpc) is 3.40. The highest BCUT2D eigenvalue weighted by molar-refractivity contribution is 5.97. The molecule has 3 heterocycles. The number of carbonyl (C=O) groups is 1. The largest absolute Gasteiger partial charge is 0.351 e. The van der Waals surface area contributed by atoms with Crippen LogP contribution in [0.5, 0.6) is 0 Å². The third-order valence-corrected chi connectivity index (χ3v) is 5.09. The summed E-state index contributed by atoms with van der Waals surface area (Å²) in [5, 5.41) is 8.36. The Morgan fingerprint density at radius 1 is 1.21 bits per heavy atom. The Bertz CT molecular complexity index is 1200. The van der Waals surface area contributed by atoms with Crippen LogP contribution in [0.3, 0.4) is 0 Å². The number of para-hydroxylation sites is 1. The van der Waals surface area contributed by atoms with Crippen molar-refractivity contribution in [2.45, 2.75) is 25.4 Å². The predicted molar refractivity (Wildman–Crippen MR) is 109 cm³/mol.